The SMILES string of the molecule is [C]1=C/CC/C=C/CC/C=C\CCC/1. The highest BCUT2D eigenvalue weighted by Gasteiger charge is 1.84. The fourth-order valence-corrected chi connectivity index (χ4v) is 1.37. The van der Waals surface area contributed by atoms with Crippen LogP contribution in [0.4, 0.5) is 0 Å². The topological polar surface area (TPSA) is 0 Å². The molecule has 0 spiro atoms. The molecular formula is C13H19. The van der Waals surface area contributed by atoms with Crippen molar-refractivity contribution < 1.29 is 0 Å². The molecule has 13 heavy (non-hydrogen) atoms. The molecule has 1 aliphatic rings. The largest absolute Gasteiger partial charge is 0.0885 e. The lowest BCUT2D eigenvalue weighted by Gasteiger charge is -1.89. The third kappa shape index (κ3) is 6.39. The molecule has 0 aromatic carbocycles. The van der Waals surface area contributed by atoms with Gasteiger partial charge in [0, 0.05) is 0 Å². The second kappa shape index (κ2) is 7.85. The molecule has 0 fully saturated rings. The highest BCUT2D eigenvalue weighted by atomic mass is 13.9. The molecule has 0 aromatic heterocycles. The molecule has 0 atom stereocenters. The highest BCUT2D eigenvalue weighted by molar-refractivity contribution is 4.90. The van der Waals surface area contributed by atoms with Crippen LogP contribution in [-0.4, -0.2) is 0 Å². The maximum absolute atomic E-state index is 3.33. The summed E-state index contributed by atoms with van der Waals surface area (Å²) in [5.41, 5.74) is 0. The van der Waals surface area contributed by atoms with Crippen molar-refractivity contribution in [2.45, 2.75) is 44.9 Å². The van der Waals surface area contributed by atoms with Gasteiger partial charge in [-0.2, -0.15) is 0 Å². The summed E-state index contributed by atoms with van der Waals surface area (Å²) in [6.45, 7) is 0. The van der Waals surface area contributed by atoms with Crippen LogP contribution in [0, 0.1) is 6.08 Å². The number of hydrogen-bond donors (Lipinski definition) is 0. The Kier molecular flexibility index (Phi) is 6.22. The Labute approximate surface area is 82.0 Å². The lowest BCUT2D eigenvalue weighted by molar-refractivity contribution is 0.845. The summed E-state index contributed by atoms with van der Waals surface area (Å²) in [6, 6.07) is 0. The number of allylic oxidation sites excluding steroid dienone is 6. The van der Waals surface area contributed by atoms with Crippen molar-refractivity contribution in [1.29, 1.82) is 0 Å². The van der Waals surface area contributed by atoms with Gasteiger partial charge in [0.05, 0.1) is 0 Å². The average molecular weight is 175 g/mol. The Bertz CT molecular complexity index is 164. The van der Waals surface area contributed by atoms with E-state index in [4.69, 9.17) is 0 Å². The molecule has 1 rings (SSSR count). The first-order chi connectivity index (χ1) is 6.50. The summed E-state index contributed by atoms with van der Waals surface area (Å²) < 4.78 is 0. The highest BCUT2D eigenvalue weighted by Crippen LogP contribution is 2.03. The fraction of sp³-hybridized carbons (Fsp3) is 0.538. The monoisotopic (exact) mass is 175 g/mol. The minimum Gasteiger partial charge on any atom is -0.0885 e. The van der Waals surface area contributed by atoms with E-state index in [1.165, 1.54) is 32.1 Å². The molecule has 0 saturated heterocycles. The van der Waals surface area contributed by atoms with Crippen LogP contribution in [0.2, 0.25) is 0 Å². The average Bonchev–Trinajstić information content (AvgIpc) is 2.18. The third-order valence-electron chi connectivity index (χ3n) is 2.15. The van der Waals surface area contributed by atoms with E-state index >= 15 is 0 Å². The molecule has 1 radical (unpaired) electrons. The van der Waals surface area contributed by atoms with Crippen LogP contribution in [0.3, 0.4) is 0 Å². The summed E-state index contributed by atoms with van der Waals surface area (Å²) >= 11 is 0. The van der Waals surface area contributed by atoms with Gasteiger partial charge in [0.15, 0.2) is 0 Å². The molecule has 0 heteroatoms. The van der Waals surface area contributed by atoms with Gasteiger partial charge in [0.1, 0.15) is 0 Å². The lowest BCUT2D eigenvalue weighted by atomic mass is 10.2. The molecule has 0 aliphatic heterocycles. The Morgan fingerprint density at radius 2 is 1.31 bits per heavy atom. The Morgan fingerprint density at radius 3 is 2.08 bits per heavy atom. The van der Waals surface area contributed by atoms with Crippen LogP contribution in [0.25, 0.3) is 0 Å². The number of hydrogen-bond acceptors (Lipinski definition) is 0. The van der Waals surface area contributed by atoms with Crippen molar-refractivity contribution in [2.24, 2.45) is 0 Å². The molecule has 0 N–H and O–H groups in total. The molecule has 1 aliphatic carbocycles. The van der Waals surface area contributed by atoms with E-state index in [1.807, 2.05) is 0 Å². The quantitative estimate of drug-likeness (QED) is 0.484. The van der Waals surface area contributed by atoms with Crippen LogP contribution >= 0.6 is 0 Å². The van der Waals surface area contributed by atoms with E-state index in [0.717, 1.165) is 12.8 Å². The van der Waals surface area contributed by atoms with Crippen molar-refractivity contribution in [1.82, 2.24) is 0 Å². The molecule has 0 saturated carbocycles. The van der Waals surface area contributed by atoms with Crippen molar-refractivity contribution in [3.05, 3.63) is 36.5 Å². The van der Waals surface area contributed by atoms with Gasteiger partial charge in [-0.25, -0.2) is 0 Å². The maximum Gasteiger partial charge on any atom is -0.0276 e. The molecule has 0 heterocycles. The summed E-state index contributed by atoms with van der Waals surface area (Å²) in [4.78, 5) is 0. The predicted molar refractivity (Wildman–Crippen MR) is 58.4 cm³/mol. The first-order valence-electron chi connectivity index (χ1n) is 5.35. The van der Waals surface area contributed by atoms with Crippen LogP contribution in [0.5, 0.6) is 0 Å². The van der Waals surface area contributed by atoms with Crippen molar-refractivity contribution in [2.75, 3.05) is 0 Å². The molecule has 0 aromatic rings. The number of rotatable bonds is 0. The van der Waals surface area contributed by atoms with Gasteiger partial charge in [-0.15, -0.1) is 0 Å². The van der Waals surface area contributed by atoms with Crippen molar-refractivity contribution in [3.8, 4) is 0 Å². The smallest absolute Gasteiger partial charge is 0.0276 e. The summed E-state index contributed by atoms with van der Waals surface area (Å²) in [5, 5.41) is 0. The summed E-state index contributed by atoms with van der Waals surface area (Å²) in [7, 11) is 0. The fourth-order valence-electron chi connectivity index (χ4n) is 1.37. The van der Waals surface area contributed by atoms with Gasteiger partial charge in [0.2, 0.25) is 0 Å². The van der Waals surface area contributed by atoms with E-state index in [9.17, 15) is 0 Å². The minimum absolute atomic E-state index is 1.12. The van der Waals surface area contributed by atoms with E-state index in [-0.39, 0.29) is 0 Å². The molecule has 0 bridgehead atoms. The van der Waals surface area contributed by atoms with Crippen LogP contribution in [-0.2, 0) is 0 Å². The van der Waals surface area contributed by atoms with E-state index in [2.05, 4.69) is 36.5 Å². The van der Waals surface area contributed by atoms with Gasteiger partial charge < -0.3 is 0 Å². The first-order valence-corrected chi connectivity index (χ1v) is 5.35. The van der Waals surface area contributed by atoms with E-state index in [0.29, 0.717) is 0 Å². The van der Waals surface area contributed by atoms with Crippen LogP contribution < -0.4 is 0 Å². The second-order valence-electron chi connectivity index (χ2n) is 3.40. The molecule has 0 nitrogen and oxygen atoms in total. The van der Waals surface area contributed by atoms with Gasteiger partial charge in [-0.3, -0.25) is 0 Å². The van der Waals surface area contributed by atoms with Gasteiger partial charge >= 0.3 is 0 Å². The van der Waals surface area contributed by atoms with Gasteiger partial charge in [-0.1, -0.05) is 30.4 Å². The molecule has 0 amide bonds. The Morgan fingerprint density at radius 1 is 0.692 bits per heavy atom. The van der Waals surface area contributed by atoms with Gasteiger partial charge in [0.25, 0.3) is 0 Å². The lowest BCUT2D eigenvalue weighted by Crippen LogP contribution is -1.70. The van der Waals surface area contributed by atoms with Crippen LogP contribution in [0.15, 0.2) is 30.4 Å². The maximum atomic E-state index is 3.33. The van der Waals surface area contributed by atoms with Gasteiger partial charge in [-0.05, 0) is 51.0 Å². The Balaban J connectivity index is 2.27. The zero-order valence-electron chi connectivity index (χ0n) is 8.34. The second-order valence-corrected chi connectivity index (χ2v) is 3.40. The normalized spacial score (nSPS) is 27.7. The van der Waals surface area contributed by atoms with Crippen molar-refractivity contribution in [3.63, 3.8) is 0 Å². The third-order valence-corrected chi connectivity index (χ3v) is 2.15. The van der Waals surface area contributed by atoms with E-state index in [1.54, 1.807) is 0 Å². The van der Waals surface area contributed by atoms with Crippen molar-refractivity contribution >= 4 is 0 Å². The zero-order valence-corrected chi connectivity index (χ0v) is 8.34. The zero-order chi connectivity index (χ0) is 9.19. The molecule has 71 valence electrons. The van der Waals surface area contributed by atoms with Crippen LogP contribution in [0.1, 0.15) is 44.9 Å². The first kappa shape index (κ1) is 10.3. The summed E-state index contributed by atoms with van der Waals surface area (Å²) in [6.07, 6.45) is 23.0. The minimum atomic E-state index is 1.12. The predicted octanol–water partition coefficient (Wildman–Crippen LogP) is 4.20. The Hall–Kier alpha value is -0.780. The standard InChI is InChI=1S/C13H19/c1-2-4-6-8-10-12-13-11-9-7-5-3-1/h1-2,7-9H,3-6,11-13H2/b2-1+,9-7-,10-8?. The molecular weight excluding hydrogens is 156 g/mol. The summed E-state index contributed by atoms with van der Waals surface area (Å²) in [5.74, 6) is 0. The van der Waals surface area contributed by atoms with E-state index < -0.39 is 0 Å². The molecule has 0 unspecified atom stereocenters.